The molecule has 0 fully saturated rings. The number of hydrogen-bond acceptors (Lipinski definition) is 2. The molecular formula is C14H9F3N2O. The Labute approximate surface area is 112 Å². The lowest BCUT2D eigenvalue weighted by Gasteiger charge is -2.18. The predicted molar refractivity (Wildman–Crippen MR) is 66.3 cm³/mol. The molecule has 0 aromatic heterocycles. The van der Waals surface area contributed by atoms with Crippen molar-refractivity contribution in [1.29, 1.82) is 0 Å². The molecule has 1 aliphatic heterocycles. The van der Waals surface area contributed by atoms with Gasteiger partial charge >= 0.3 is 0 Å². The Morgan fingerprint density at radius 2 is 1.60 bits per heavy atom. The zero-order valence-electron chi connectivity index (χ0n) is 10.2. The van der Waals surface area contributed by atoms with E-state index in [1.807, 2.05) is 0 Å². The number of anilines is 1. The van der Waals surface area contributed by atoms with Crippen LogP contribution in [0.25, 0.3) is 0 Å². The molecule has 1 amide bonds. The first-order chi connectivity index (χ1) is 9.56. The fourth-order valence-electron chi connectivity index (χ4n) is 2.12. The Bertz CT molecular complexity index is 686. The minimum atomic E-state index is -0.755. The Morgan fingerprint density at radius 3 is 2.25 bits per heavy atom. The van der Waals surface area contributed by atoms with Gasteiger partial charge in [-0.3, -0.25) is 10.2 Å². The summed E-state index contributed by atoms with van der Waals surface area (Å²) < 4.78 is 40.0. The highest BCUT2D eigenvalue weighted by molar-refractivity contribution is 5.99. The molecule has 2 aromatic carbocycles. The molecule has 0 saturated carbocycles. The van der Waals surface area contributed by atoms with E-state index in [2.05, 4.69) is 5.43 Å². The number of hydrazine groups is 1. The summed E-state index contributed by atoms with van der Waals surface area (Å²) in [7, 11) is 0. The minimum absolute atomic E-state index is 0.0182. The van der Waals surface area contributed by atoms with Gasteiger partial charge in [0.1, 0.15) is 17.5 Å². The van der Waals surface area contributed by atoms with E-state index in [4.69, 9.17) is 0 Å². The highest BCUT2D eigenvalue weighted by Gasteiger charge is 2.33. The monoisotopic (exact) mass is 278 g/mol. The van der Waals surface area contributed by atoms with Crippen LogP contribution < -0.4 is 5.43 Å². The van der Waals surface area contributed by atoms with E-state index in [1.165, 1.54) is 24.3 Å². The molecule has 1 heterocycles. The summed E-state index contributed by atoms with van der Waals surface area (Å²) in [6.45, 7) is -0.0882. The van der Waals surface area contributed by atoms with Gasteiger partial charge in [0.25, 0.3) is 5.91 Å². The summed E-state index contributed by atoms with van der Waals surface area (Å²) in [4.78, 5) is 12.0. The maximum Gasteiger partial charge on any atom is 0.275 e. The van der Waals surface area contributed by atoms with Gasteiger partial charge in [0.05, 0.1) is 17.8 Å². The SMILES string of the molecule is O=C1c2c(F)ccc(F)c2CN1Nc1ccc(F)cc1. The number of halogens is 3. The summed E-state index contributed by atoms with van der Waals surface area (Å²) in [6, 6.07) is 7.21. The molecule has 0 bridgehead atoms. The lowest BCUT2D eigenvalue weighted by Crippen LogP contribution is -2.30. The van der Waals surface area contributed by atoms with Gasteiger partial charge in [0.2, 0.25) is 0 Å². The van der Waals surface area contributed by atoms with Crippen LogP contribution in [0.5, 0.6) is 0 Å². The smallest absolute Gasteiger partial charge is 0.275 e. The number of carbonyl (C=O) groups is 1. The summed E-state index contributed by atoms with van der Waals surface area (Å²) >= 11 is 0. The van der Waals surface area contributed by atoms with Crippen molar-refractivity contribution in [3.05, 3.63) is 65.0 Å². The second kappa shape index (κ2) is 4.56. The molecule has 0 saturated heterocycles. The molecule has 3 nitrogen and oxygen atoms in total. The number of amides is 1. The summed E-state index contributed by atoms with van der Waals surface area (Å²) in [5.74, 6) is -2.45. The van der Waals surface area contributed by atoms with Crippen LogP contribution in [0.1, 0.15) is 15.9 Å². The number of carbonyl (C=O) groups excluding carboxylic acids is 1. The van der Waals surface area contributed by atoms with Crippen LogP contribution in [0.3, 0.4) is 0 Å². The first-order valence-electron chi connectivity index (χ1n) is 5.87. The van der Waals surface area contributed by atoms with Gasteiger partial charge in [-0.1, -0.05) is 0 Å². The fourth-order valence-corrected chi connectivity index (χ4v) is 2.12. The van der Waals surface area contributed by atoms with Gasteiger partial charge in [-0.05, 0) is 36.4 Å². The number of hydrogen-bond donors (Lipinski definition) is 1. The van der Waals surface area contributed by atoms with Crippen molar-refractivity contribution in [2.75, 3.05) is 5.43 Å². The molecule has 0 aliphatic carbocycles. The number of nitrogens with zero attached hydrogens (tertiary/aromatic N) is 1. The Balaban J connectivity index is 1.89. The number of rotatable bonds is 2. The van der Waals surface area contributed by atoms with Crippen molar-refractivity contribution >= 4 is 11.6 Å². The van der Waals surface area contributed by atoms with Gasteiger partial charge < -0.3 is 0 Å². The van der Waals surface area contributed by atoms with Gasteiger partial charge in [-0.2, -0.15) is 0 Å². The summed E-state index contributed by atoms with van der Waals surface area (Å²) in [5, 5.41) is 1.09. The fraction of sp³-hybridized carbons (Fsp3) is 0.0714. The minimum Gasteiger partial charge on any atom is -0.295 e. The second-order valence-corrected chi connectivity index (χ2v) is 4.39. The molecule has 3 rings (SSSR count). The van der Waals surface area contributed by atoms with Gasteiger partial charge in [-0.25, -0.2) is 18.2 Å². The first kappa shape index (κ1) is 12.5. The Kier molecular flexibility index (Phi) is 2.85. The average molecular weight is 278 g/mol. The molecule has 1 N–H and O–H groups in total. The van der Waals surface area contributed by atoms with Crippen molar-refractivity contribution in [1.82, 2.24) is 5.01 Å². The summed E-state index contributed by atoms with van der Waals surface area (Å²) in [5.41, 5.74) is 2.91. The third-order valence-corrected chi connectivity index (χ3v) is 3.09. The molecule has 0 unspecified atom stereocenters. The Morgan fingerprint density at radius 1 is 0.950 bits per heavy atom. The molecule has 0 spiro atoms. The van der Waals surface area contributed by atoms with Crippen LogP contribution in [0.4, 0.5) is 18.9 Å². The molecule has 0 atom stereocenters. The van der Waals surface area contributed by atoms with Crippen molar-refractivity contribution in [3.8, 4) is 0 Å². The van der Waals surface area contributed by atoms with E-state index in [0.29, 0.717) is 5.69 Å². The van der Waals surface area contributed by atoms with Crippen molar-refractivity contribution in [2.24, 2.45) is 0 Å². The van der Waals surface area contributed by atoms with E-state index in [0.717, 1.165) is 17.1 Å². The normalized spacial score (nSPS) is 13.6. The predicted octanol–water partition coefficient (Wildman–Crippen LogP) is 3.09. The highest BCUT2D eigenvalue weighted by Crippen LogP contribution is 2.28. The number of benzene rings is 2. The maximum atomic E-state index is 13.6. The van der Waals surface area contributed by atoms with E-state index < -0.39 is 23.4 Å². The third-order valence-electron chi connectivity index (χ3n) is 3.09. The summed E-state index contributed by atoms with van der Waals surface area (Å²) in [6.07, 6.45) is 0. The number of nitrogens with one attached hydrogen (secondary N) is 1. The van der Waals surface area contributed by atoms with Crippen LogP contribution >= 0.6 is 0 Å². The van der Waals surface area contributed by atoms with E-state index in [-0.39, 0.29) is 17.7 Å². The molecular weight excluding hydrogens is 269 g/mol. The molecule has 20 heavy (non-hydrogen) atoms. The van der Waals surface area contributed by atoms with Gasteiger partial charge in [-0.15, -0.1) is 0 Å². The van der Waals surface area contributed by atoms with Crippen molar-refractivity contribution in [3.63, 3.8) is 0 Å². The van der Waals surface area contributed by atoms with Crippen LogP contribution in [-0.2, 0) is 6.54 Å². The second-order valence-electron chi connectivity index (χ2n) is 4.39. The molecule has 2 aromatic rings. The molecule has 102 valence electrons. The molecule has 6 heteroatoms. The van der Waals surface area contributed by atoms with E-state index in [1.54, 1.807) is 0 Å². The van der Waals surface area contributed by atoms with E-state index in [9.17, 15) is 18.0 Å². The topological polar surface area (TPSA) is 32.3 Å². The Hall–Kier alpha value is -2.50. The maximum absolute atomic E-state index is 13.6. The lowest BCUT2D eigenvalue weighted by molar-refractivity contribution is 0.0811. The van der Waals surface area contributed by atoms with E-state index >= 15 is 0 Å². The standard InChI is InChI=1S/C14H9F3N2O/c15-8-1-3-9(4-2-8)18-19-7-10-11(16)5-6-12(17)13(10)14(19)20/h1-6,18H,7H2. The first-order valence-corrected chi connectivity index (χ1v) is 5.87. The van der Waals surface area contributed by atoms with Gasteiger partial charge in [0.15, 0.2) is 0 Å². The van der Waals surface area contributed by atoms with Crippen LogP contribution in [0.15, 0.2) is 36.4 Å². The van der Waals surface area contributed by atoms with Crippen LogP contribution in [0.2, 0.25) is 0 Å². The zero-order chi connectivity index (χ0) is 14.3. The van der Waals surface area contributed by atoms with Crippen LogP contribution in [-0.4, -0.2) is 10.9 Å². The zero-order valence-corrected chi connectivity index (χ0v) is 10.2. The lowest BCUT2D eigenvalue weighted by atomic mass is 10.1. The van der Waals surface area contributed by atoms with Crippen molar-refractivity contribution in [2.45, 2.75) is 6.54 Å². The quantitative estimate of drug-likeness (QED) is 0.915. The van der Waals surface area contributed by atoms with Crippen LogP contribution in [0, 0.1) is 17.5 Å². The third kappa shape index (κ3) is 1.99. The van der Waals surface area contributed by atoms with Crippen molar-refractivity contribution < 1.29 is 18.0 Å². The number of fused-ring (bicyclic) bond motifs is 1. The highest BCUT2D eigenvalue weighted by atomic mass is 19.1. The molecule has 1 aliphatic rings. The average Bonchev–Trinajstić information content (AvgIpc) is 2.76. The van der Waals surface area contributed by atoms with Gasteiger partial charge in [0, 0.05) is 5.56 Å². The largest absolute Gasteiger partial charge is 0.295 e. The molecule has 0 radical (unpaired) electrons.